The van der Waals surface area contributed by atoms with E-state index in [0.717, 1.165) is 36.7 Å². The molecular formula is C24H32N2O3. The summed E-state index contributed by atoms with van der Waals surface area (Å²) in [7, 11) is 0. The molecule has 1 saturated heterocycles. The zero-order chi connectivity index (χ0) is 19.8. The van der Waals surface area contributed by atoms with Crippen LogP contribution in [0.1, 0.15) is 56.9 Å². The number of hydrogen-bond donors (Lipinski definition) is 1. The van der Waals surface area contributed by atoms with Gasteiger partial charge in [-0.05, 0) is 80.6 Å². The van der Waals surface area contributed by atoms with Crippen molar-refractivity contribution in [1.29, 1.82) is 0 Å². The quantitative estimate of drug-likeness (QED) is 0.833. The van der Waals surface area contributed by atoms with Gasteiger partial charge in [0.05, 0.1) is 0 Å². The van der Waals surface area contributed by atoms with Crippen LogP contribution in [-0.4, -0.2) is 35.5 Å². The fourth-order valence-electron chi connectivity index (χ4n) is 6.65. The van der Waals surface area contributed by atoms with E-state index in [4.69, 9.17) is 4.74 Å². The molecule has 0 radical (unpaired) electrons. The van der Waals surface area contributed by atoms with E-state index in [0.29, 0.717) is 24.4 Å². The number of nitrogens with one attached hydrogen (secondary N) is 1. The van der Waals surface area contributed by atoms with E-state index >= 15 is 0 Å². The van der Waals surface area contributed by atoms with Gasteiger partial charge in [0.1, 0.15) is 12.6 Å². The van der Waals surface area contributed by atoms with Gasteiger partial charge in [-0.25, -0.2) is 4.79 Å². The van der Waals surface area contributed by atoms with Gasteiger partial charge in [-0.2, -0.15) is 0 Å². The lowest BCUT2D eigenvalue weighted by atomic mass is 9.54. The topological polar surface area (TPSA) is 58.6 Å². The van der Waals surface area contributed by atoms with Gasteiger partial charge in [-0.15, -0.1) is 0 Å². The van der Waals surface area contributed by atoms with Gasteiger partial charge in [0.15, 0.2) is 0 Å². The Morgan fingerprint density at radius 1 is 0.966 bits per heavy atom. The summed E-state index contributed by atoms with van der Waals surface area (Å²) < 4.78 is 5.54. The normalized spacial score (nSPS) is 35.4. The largest absolute Gasteiger partial charge is 0.445 e. The third kappa shape index (κ3) is 3.88. The fraction of sp³-hybridized carbons (Fsp3) is 0.667. The van der Waals surface area contributed by atoms with Gasteiger partial charge >= 0.3 is 6.09 Å². The Bertz CT molecular complexity index is 722. The van der Waals surface area contributed by atoms with Crippen molar-refractivity contribution in [3.8, 4) is 0 Å². The summed E-state index contributed by atoms with van der Waals surface area (Å²) in [4.78, 5) is 27.6. The zero-order valence-corrected chi connectivity index (χ0v) is 17.1. The monoisotopic (exact) mass is 396 g/mol. The first-order chi connectivity index (χ1) is 14.2. The van der Waals surface area contributed by atoms with Gasteiger partial charge < -0.3 is 10.1 Å². The van der Waals surface area contributed by atoms with Gasteiger partial charge in [-0.3, -0.25) is 9.69 Å². The third-order valence-electron chi connectivity index (χ3n) is 7.78. The summed E-state index contributed by atoms with van der Waals surface area (Å²) >= 11 is 0. The Morgan fingerprint density at radius 3 is 2.34 bits per heavy atom. The van der Waals surface area contributed by atoms with E-state index in [1.54, 1.807) is 4.90 Å². The van der Waals surface area contributed by atoms with Crippen molar-refractivity contribution >= 4 is 12.0 Å². The molecule has 1 N–H and O–H groups in total. The number of nitrogens with zero attached hydrogens (tertiary/aromatic N) is 1. The van der Waals surface area contributed by atoms with Gasteiger partial charge in [0.2, 0.25) is 5.91 Å². The van der Waals surface area contributed by atoms with Gasteiger partial charge in [-0.1, -0.05) is 30.3 Å². The van der Waals surface area contributed by atoms with Crippen LogP contribution in [0, 0.1) is 23.7 Å². The molecule has 4 saturated carbocycles. The lowest BCUT2D eigenvalue weighted by molar-refractivity contribution is -0.131. The number of ether oxygens (including phenoxy) is 1. The number of hydrogen-bond acceptors (Lipinski definition) is 3. The average Bonchev–Trinajstić information content (AvgIpc) is 2.74. The standard InChI is InChI=1S/C24H32N2O3/c27-23(25-22-19-11-17-10-18(13-19)14-20(22)12-17)21-8-4-5-9-26(21)24(28)29-15-16-6-2-1-3-7-16/h1-3,6-7,17-22H,4-5,8-15H2,(H,25,27). The summed E-state index contributed by atoms with van der Waals surface area (Å²) in [6.45, 7) is 0.855. The minimum Gasteiger partial charge on any atom is -0.445 e. The van der Waals surface area contributed by atoms with E-state index in [2.05, 4.69) is 5.32 Å². The molecule has 4 bridgehead atoms. The lowest BCUT2D eigenvalue weighted by Crippen LogP contribution is -2.60. The van der Waals surface area contributed by atoms with Crippen molar-refractivity contribution in [2.24, 2.45) is 23.7 Å². The predicted octanol–water partition coefficient (Wildman–Crippen LogP) is 4.12. The number of piperidine rings is 1. The Kier molecular flexibility index (Phi) is 5.23. The Morgan fingerprint density at radius 2 is 1.66 bits per heavy atom. The van der Waals surface area contributed by atoms with E-state index in [1.165, 1.54) is 32.1 Å². The first-order valence-electron chi connectivity index (χ1n) is 11.4. The second-order valence-corrected chi connectivity index (χ2v) is 9.71. The first kappa shape index (κ1) is 19.0. The van der Waals surface area contributed by atoms with E-state index < -0.39 is 0 Å². The number of carbonyl (C=O) groups is 2. The highest BCUT2D eigenvalue weighted by atomic mass is 16.6. The maximum absolute atomic E-state index is 13.2. The molecule has 0 spiro atoms. The van der Waals surface area contributed by atoms with Gasteiger partial charge in [0.25, 0.3) is 0 Å². The summed E-state index contributed by atoms with van der Waals surface area (Å²) in [5.74, 6) is 3.13. The second kappa shape index (κ2) is 8.00. The average molecular weight is 397 g/mol. The number of amides is 2. The maximum atomic E-state index is 13.2. The van der Waals surface area contributed by atoms with Crippen LogP contribution >= 0.6 is 0 Å². The van der Waals surface area contributed by atoms with E-state index in [9.17, 15) is 9.59 Å². The SMILES string of the molecule is O=C(NC1C2CC3CC(C2)CC1C3)C1CCCCN1C(=O)OCc1ccccc1. The molecule has 6 rings (SSSR count). The number of benzene rings is 1. The predicted molar refractivity (Wildman–Crippen MR) is 110 cm³/mol. The van der Waals surface area contributed by atoms with Crippen molar-refractivity contribution in [2.45, 2.75) is 70.1 Å². The van der Waals surface area contributed by atoms with Crippen LogP contribution in [0.15, 0.2) is 30.3 Å². The molecule has 4 aliphatic carbocycles. The Hall–Kier alpha value is -2.04. The van der Waals surface area contributed by atoms with E-state index in [1.807, 2.05) is 30.3 Å². The summed E-state index contributed by atoms with van der Waals surface area (Å²) in [6.07, 6.45) is 8.84. The van der Waals surface area contributed by atoms with Crippen LogP contribution in [-0.2, 0) is 16.1 Å². The van der Waals surface area contributed by atoms with Crippen molar-refractivity contribution in [1.82, 2.24) is 10.2 Å². The van der Waals surface area contributed by atoms with Crippen LogP contribution < -0.4 is 5.32 Å². The van der Waals surface area contributed by atoms with Crippen LogP contribution in [0.4, 0.5) is 4.79 Å². The fourth-order valence-corrected chi connectivity index (χ4v) is 6.65. The number of carbonyl (C=O) groups excluding carboxylic acids is 2. The highest BCUT2D eigenvalue weighted by Gasteiger charge is 2.49. The zero-order valence-electron chi connectivity index (χ0n) is 17.1. The smallest absolute Gasteiger partial charge is 0.410 e. The van der Waals surface area contributed by atoms with Crippen LogP contribution in [0.2, 0.25) is 0 Å². The van der Waals surface area contributed by atoms with E-state index in [-0.39, 0.29) is 24.6 Å². The van der Waals surface area contributed by atoms with Crippen molar-refractivity contribution in [3.63, 3.8) is 0 Å². The van der Waals surface area contributed by atoms with Crippen LogP contribution in [0.3, 0.4) is 0 Å². The molecule has 1 unspecified atom stereocenters. The highest BCUT2D eigenvalue weighted by Crippen LogP contribution is 2.53. The summed E-state index contributed by atoms with van der Waals surface area (Å²) in [5, 5.41) is 3.40. The summed E-state index contributed by atoms with van der Waals surface area (Å²) in [5.41, 5.74) is 0.965. The summed E-state index contributed by atoms with van der Waals surface area (Å²) in [6, 6.07) is 9.64. The third-order valence-corrected chi connectivity index (χ3v) is 7.78. The highest BCUT2D eigenvalue weighted by molar-refractivity contribution is 5.86. The molecule has 0 aromatic heterocycles. The molecule has 29 heavy (non-hydrogen) atoms. The molecule has 1 aliphatic heterocycles. The van der Waals surface area contributed by atoms with Crippen molar-refractivity contribution in [2.75, 3.05) is 6.54 Å². The van der Waals surface area contributed by atoms with Crippen LogP contribution in [0.25, 0.3) is 0 Å². The number of rotatable bonds is 4. The molecule has 2 amide bonds. The Labute approximate surface area is 173 Å². The molecule has 5 fully saturated rings. The molecule has 5 heteroatoms. The second-order valence-electron chi connectivity index (χ2n) is 9.71. The Balaban J connectivity index is 1.21. The van der Waals surface area contributed by atoms with Crippen molar-refractivity contribution in [3.05, 3.63) is 35.9 Å². The first-order valence-corrected chi connectivity index (χ1v) is 11.4. The van der Waals surface area contributed by atoms with Crippen LogP contribution in [0.5, 0.6) is 0 Å². The minimum absolute atomic E-state index is 0.0406. The maximum Gasteiger partial charge on any atom is 0.410 e. The molecule has 156 valence electrons. The molecule has 5 aliphatic rings. The molecule has 5 nitrogen and oxygen atoms in total. The molecule has 1 heterocycles. The molecule has 1 atom stereocenters. The lowest BCUT2D eigenvalue weighted by Gasteiger charge is -2.54. The van der Waals surface area contributed by atoms with Crippen molar-refractivity contribution < 1.29 is 14.3 Å². The minimum atomic E-state index is -0.385. The molecule has 1 aromatic rings. The molecular weight excluding hydrogens is 364 g/mol. The van der Waals surface area contributed by atoms with Gasteiger partial charge in [0, 0.05) is 12.6 Å². The molecule has 1 aromatic carbocycles. The number of likely N-dealkylation sites (tertiary alicyclic amines) is 1.